The molecule has 142 valence electrons. The minimum Gasteiger partial charge on any atom is -0.389 e. The number of carbonyl (C=O) groups is 1. The summed E-state index contributed by atoms with van der Waals surface area (Å²) in [6.07, 6.45) is 2.58. The third-order valence-electron chi connectivity index (χ3n) is 4.23. The molecule has 2 heterocycles. The molecular formula is C18H23N7OS. The molecule has 3 rings (SSSR count). The van der Waals surface area contributed by atoms with Gasteiger partial charge in [0.05, 0.1) is 6.04 Å². The number of carbonyl (C=O) groups excluding carboxylic acids is 1. The fourth-order valence-electron chi connectivity index (χ4n) is 2.88. The minimum atomic E-state index is -0.580. The molecule has 27 heavy (non-hydrogen) atoms. The Labute approximate surface area is 162 Å². The molecule has 8 nitrogen and oxygen atoms in total. The van der Waals surface area contributed by atoms with E-state index in [0.717, 1.165) is 43.6 Å². The van der Waals surface area contributed by atoms with Gasteiger partial charge >= 0.3 is 0 Å². The molecule has 1 amide bonds. The van der Waals surface area contributed by atoms with Gasteiger partial charge in [0.15, 0.2) is 5.69 Å². The van der Waals surface area contributed by atoms with Crippen molar-refractivity contribution in [2.75, 3.05) is 43.9 Å². The van der Waals surface area contributed by atoms with Crippen LogP contribution in [0.2, 0.25) is 0 Å². The van der Waals surface area contributed by atoms with Crippen molar-refractivity contribution in [3.63, 3.8) is 0 Å². The Balaban J connectivity index is 1.81. The van der Waals surface area contributed by atoms with Crippen LogP contribution in [0, 0.1) is 5.41 Å². The number of nitrogens with zero attached hydrogens (tertiary/aromatic N) is 3. The average molecular weight is 385 g/mol. The molecule has 0 aliphatic carbocycles. The number of nitrogens with one attached hydrogen (secondary N) is 3. The van der Waals surface area contributed by atoms with Gasteiger partial charge in [-0.25, -0.2) is 4.98 Å². The van der Waals surface area contributed by atoms with Crippen molar-refractivity contribution < 1.29 is 4.79 Å². The van der Waals surface area contributed by atoms with Crippen LogP contribution < -0.4 is 21.3 Å². The highest BCUT2D eigenvalue weighted by molar-refractivity contribution is 7.19. The second kappa shape index (κ2) is 8.74. The molecule has 0 radical (unpaired) electrons. The predicted octanol–water partition coefficient (Wildman–Crippen LogP) is 1.25. The van der Waals surface area contributed by atoms with Gasteiger partial charge in [-0.2, -0.15) is 0 Å². The first-order valence-corrected chi connectivity index (χ1v) is 9.50. The zero-order valence-electron chi connectivity index (χ0n) is 15.1. The van der Waals surface area contributed by atoms with Crippen molar-refractivity contribution in [2.45, 2.75) is 6.04 Å². The van der Waals surface area contributed by atoms with Crippen molar-refractivity contribution in [3.8, 4) is 10.6 Å². The Hall–Kier alpha value is -2.78. The first-order valence-electron chi connectivity index (χ1n) is 8.68. The summed E-state index contributed by atoms with van der Waals surface area (Å²) in [6, 6.07) is 7.54. The number of amides is 1. The molecule has 1 aromatic heterocycles. The number of benzene rings is 1. The summed E-state index contributed by atoms with van der Waals surface area (Å²) in [6.45, 7) is 3.85. The van der Waals surface area contributed by atoms with Gasteiger partial charge in [0, 0.05) is 56.9 Å². The number of nitrogens with two attached hydrogens (primary N) is 1. The third-order valence-corrected chi connectivity index (χ3v) is 5.16. The van der Waals surface area contributed by atoms with Gasteiger partial charge in [-0.1, -0.05) is 23.5 Å². The number of aliphatic imine (C=N–C) groups is 1. The molecule has 1 aliphatic heterocycles. The third kappa shape index (κ3) is 4.50. The lowest BCUT2D eigenvalue weighted by molar-refractivity contribution is 0.0951. The SMILES string of the molecule is CN=CC(C=N)NC(=O)c1nc(-c2cccc(N3CCNCC3)c2)sc1N. The topological polar surface area (TPSA) is 119 Å². The van der Waals surface area contributed by atoms with Gasteiger partial charge in [0.1, 0.15) is 10.0 Å². The van der Waals surface area contributed by atoms with Gasteiger partial charge in [0.25, 0.3) is 5.91 Å². The van der Waals surface area contributed by atoms with E-state index in [0.29, 0.717) is 10.0 Å². The molecule has 2 aromatic rings. The maximum atomic E-state index is 12.4. The maximum absolute atomic E-state index is 12.4. The fraction of sp³-hybridized carbons (Fsp3) is 0.333. The van der Waals surface area contributed by atoms with Crippen LogP contribution in [0.1, 0.15) is 10.5 Å². The van der Waals surface area contributed by atoms with Gasteiger partial charge in [0.2, 0.25) is 0 Å². The Morgan fingerprint density at radius 2 is 2.26 bits per heavy atom. The summed E-state index contributed by atoms with van der Waals surface area (Å²) in [5.41, 5.74) is 8.28. The van der Waals surface area contributed by atoms with Crippen LogP contribution in [0.3, 0.4) is 0 Å². The van der Waals surface area contributed by atoms with Crippen LogP contribution in [0.5, 0.6) is 0 Å². The average Bonchev–Trinajstić information content (AvgIpc) is 3.10. The largest absolute Gasteiger partial charge is 0.389 e. The van der Waals surface area contributed by atoms with Crippen LogP contribution in [0.25, 0.3) is 10.6 Å². The first-order chi connectivity index (χ1) is 13.1. The Bertz CT molecular complexity index is 842. The van der Waals surface area contributed by atoms with Crippen LogP contribution >= 0.6 is 11.3 Å². The molecule has 1 unspecified atom stereocenters. The van der Waals surface area contributed by atoms with E-state index >= 15 is 0 Å². The summed E-state index contributed by atoms with van der Waals surface area (Å²) in [5, 5.41) is 14.4. The lowest BCUT2D eigenvalue weighted by Crippen LogP contribution is -2.43. The Morgan fingerprint density at radius 3 is 2.96 bits per heavy atom. The monoisotopic (exact) mass is 385 g/mol. The summed E-state index contributed by atoms with van der Waals surface area (Å²) >= 11 is 1.28. The number of aromatic nitrogens is 1. The van der Waals surface area contributed by atoms with Crippen molar-refractivity contribution in [1.82, 2.24) is 15.6 Å². The van der Waals surface area contributed by atoms with Crippen LogP contribution in [-0.4, -0.2) is 62.6 Å². The van der Waals surface area contributed by atoms with E-state index in [2.05, 4.69) is 37.6 Å². The van der Waals surface area contributed by atoms with Crippen LogP contribution in [-0.2, 0) is 0 Å². The summed E-state index contributed by atoms with van der Waals surface area (Å²) in [4.78, 5) is 23.0. The molecule has 1 fully saturated rings. The standard InChI is InChI=1S/C18H23N7OS/c1-21-11-13(10-19)23-17(26)15-16(20)27-18(24-15)12-3-2-4-14(9-12)25-7-5-22-6-8-25/h2-4,9-11,13,19,22H,5-8,20H2,1H3,(H,23,26). The second-order valence-electron chi connectivity index (χ2n) is 6.09. The highest BCUT2D eigenvalue weighted by Crippen LogP contribution is 2.32. The van der Waals surface area contributed by atoms with E-state index in [1.165, 1.54) is 17.6 Å². The molecule has 1 aromatic carbocycles. The highest BCUT2D eigenvalue weighted by atomic mass is 32.1. The van der Waals surface area contributed by atoms with Gasteiger partial charge in [-0.3, -0.25) is 9.79 Å². The number of anilines is 2. The number of hydrogen-bond donors (Lipinski definition) is 4. The molecule has 0 spiro atoms. The Kier molecular flexibility index (Phi) is 6.15. The smallest absolute Gasteiger partial charge is 0.273 e. The van der Waals surface area contributed by atoms with E-state index in [1.54, 1.807) is 7.05 Å². The summed E-state index contributed by atoms with van der Waals surface area (Å²) < 4.78 is 0. The first kappa shape index (κ1) is 19.0. The summed E-state index contributed by atoms with van der Waals surface area (Å²) in [7, 11) is 1.59. The fourth-order valence-corrected chi connectivity index (χ4v) is 3.70. The lowest BCUT2D eigenvalue weighted by atomic mass is 10.2. The minimum absolute atomic E-state index is 0.180. The zero-order valence-corrected chi connectivity index (χ0v) is 15.9. The molecule has 1 aliphatic rings. The molecule has 9 heteroatoms. The van der Waals surface area contributed by atoms with Crippen molar-refractivity contribution in [3.05, 3.63) is 30.0 Å². The molecular weight excluding hydrogens is 362 g/mol. The van der Waals surface area contributed by atoms with E-state index in [4.69, 9.17) is 11.1 Å². The van der Waals surface area contributed by atoms with Gasteiger partial charge in [-0.15, -0.1) is 0 Å². The van der Waals surface area contributed by atoms with Crippen LogP contribution in [0.4, 0.5) is 10.7 Å². The van der Waals surface area contributed by atoms with Crippen LogP contribution in [0.15, 0.2) is 29.3 Å². The Morgan fingerprint density at radius 1 is 1.48 bits per heavy atom. The van der Waals surface area contributed by atoms with Crippen molar-refractivity contribution in [1.29, 1.82) is 5.41 Å². The zero-order chi connectivity index (χ0) is 19.2. The quantitative estimate of drug-likeness (QED) is 0.558. The van der Waals surface area contributed by atoms with E-state index in [-0.39, 0.29) is 5.69 Å². The molecule has 0 saturated carbocycles. The highest BCUT2D eigenvalue weighted by Gasteiger charge is 2.19. The van der Waals surface area contributed by atoms with Crippen molar-refractivity contribution >= 4 is 40.4 Å². The summed E-state index contributed by atoms with van der Waals surface area (Å²) in [5.74, 6) is -0.415. The number of nitrogen functional groups attached to an aromatic ring is 1. The van der Waals surface area contributed by atoms with E-state index < -0.39 is 11.9 Å². The number of hydrogen-bond acceptors (Lipinski definition) is 8. The predicted molar refractivity (Wildman–Crippen MR) is 111 cm³/mol. The lowest BCUT2D eigenvalue weighted by Gasteiger charge is -2.29. The maximum Gasteiger partial charge on any atom is 0.273 e. The van der Waals surface area contributed by atoms with Gasteiger partial charge in [-0.05, 0) is 12.1 Å². The molecule has 1 atom stereocenters. The van der Waals surface area contributed by atoms with E-state index in [9.17, 15) is 4.79 Å². The number of thiazole rings is 1. The normalized spacial score (nSPS) is 15.7. The number of piperazine rings is 1. The number of rotatable bonds is 6. The second-order valence-corrected chi connectivity index (χ2v) is 7.12. The molecule has 1 saturated heterocycles. The molecule has 5 N–H and O–H groups in total. The molecule has 0 bridgehead atoms. The van der Waals surface area contributed by atoms with E-state index in [1.807, 2.05) is 12.1 Å². The van der Waals surface area contributed by atoms with Crippen molar-refractivity contribution in [2.24, 2.45) is 4.99 Å². The van der Waals surface area contributed by atoms with Gasteiger partial charge < -0.3 is 26.7 Å².